The quantitative estimate of drug-likeness (QED) is 0.867. The number of anilines is 2. The highest BCUT2D eigenvalue weighted by molar-refractivity contribution is 7.14. The number of aryl methyl sites for hydroxylation is 1. The first-order valence-electron chi connectivity index (χ1n) is 7.12. The van der Waals surface area contributed by atoms with Gasteiger partial charge in [0, 0.05) is 23.2 Å². The Kier molecular flexibility index (Phi) is 4.96. The molecule has 0 saturated heterocycles. The van der Waals surface area contributed by atoms with Gasteiger partial charge >= 0.3 is 0 Å². The molecule has 0 aliphatic carbocycles. The number of nitrogens with zero attached hydrogens (tertiary/aromatic N) is 1. The molecule has 4 nitrogen and oxygen atoms in total. The van der Waals surface area contributed by atoms with Crippen LogP contribution in [0.5, 0.6) is 0 Å². The summed E-state index contributed by atoms with van der Waals surface area (Å²) < 4.78 is 0. The van der Waals surface area contributed by atoms with Crippen LogP contribution in [0.3, 0.4) is 0 Å². The lowest BCUT2D eigenvalue weighted by Crippen LogP contribution is -2.12. The zero-order chi connectivity index (χ0) is 15.4. The monoisotopic (exact) mass is 303 g/mol. The predicted molar refractivity (Wildman–Crippen MR) is 89.5 cm³/mol. The van der Waals surface area contributed by atoms with Gasteiger partial charge in [-0.05, 0) is 43.5 Å². The van der Waals surface area contributed by atoms with Crippen molar-refractivity contribution in [3.05, 3.63) is 40.4 Å². The molecule has 0 aliphatic heterocycles. The minimum absolute atomic E-state index is 0.120. The molecule has 1 aromatic heterocycles. The van der Waals surface area contributed by atoms with Crippen molar-refractivity contribution in [2.24, 2.45) is 0 Å². The van der Waals surface area contributed by atoms with Crippen molar-refractivity contribution in [3.8, 4) is 0 Å². The van der Waals surface area contributed by atoms with E-state index in [1.54, 1.807) is 0 Å². The first-order chi connectivity index (χ1) is 10.0. The van der Waals surface area contributed by atoms with Crippen LogP contribution in [0.4, 0.5) is 10.8 Å². The molecule has 112 valence electrons. The fourth-order valence-corrected chi connectivity index (χ4v) is 2.84. The summed E-state index contributed by atoms with van der Waals surface area (Å²) in [6, 6.07) is 5.66. The number of aromatic nitrogens is 1. The molecule has 0 unspecified atom stereocenters. The number of rotatable bonds is 5. The molecule has 0 fully saturated rings. The molecule has 0 spiro atoms. The lowest BCUT2D eigenvalue weighted by molar-refractivity contribution is 0.102. The van der Waals surface area contributed by atoms with Gasteiger partial charge < -0.3 is 5.32 Å². The summed E-state index contributed by atoms with van der Waals surface area (Å²) in [5.41, 5.74) is 3.78. The standard InChI is InChI=1S/C16H21N3OS/c1-5-17-13-7-6-12(8-11(13)4)15(20)19-16-18-14(9-21-16)10(2)3/h6-10,17H,5H2,1-4H3,(H,18,19,20). The predicted octanol–water partition coefficient (Wildman–Crippen LogP) is 4.26. The maximum absolute atomic E-state index is 12.2. The van der Waals surface area contributed by atoms with E-state index in [9.17, 15) is 4.79 Å². The summed E-state index contributed by atoms with van der Waals surface area (Å²) in [6.07, 6.45) is 0. The molecule has 1 amide bonds. The van der Waals surface area contributed by atoms with Crippen LogP contribution in [0.2, 0.25) is 0 Å². The van der Waals surface area contributed by atoms with Crippen molar-refractivity contribution in [3.63, 3.8) is 0 Å². The fraction of sp³-hybridized carbons (Fsp3) is 0.375. The molecule has 2 rings (SSSR count). The Morgan fingerprint density at radius 3 is 2.71 bits per heavy atom. The van der Waals surface area contributed by atoms with Crippen LogP contribution >= 0.6 is 11.3 Å². The van der Waals surface area contributed by atoms with Gasteiger partial charge in [-0.3, -0.25) is 10.1 Å². The fourth-order valence-electron chi connectivity index (χ4n) is 1.97. The molecule has 0 saturated carbocycles. The van der Waals surface area contributed by atoms with E-state index in [2.05, 4.69) is 36.4 Å². The Bertz CT molecular complexity index is 634. The maximum atomic E-state index is 12.2. The van der Waals surface area contributed by atoms with E-state index >= 15 is 0 Å². The zero-order valence-corrected chi connectivity index (χ0v) is 13.7. The molecular weight excluding hydrogens is 282 g/mol. The average Bonchev–Trinajstić information content (AvgIpc) is 2.90. The van der Waals surface area contributed by atoms with E-state index < -0.39 is 0 Å². The Hall–Kier alpha value is -1.88. The normalized spacial score (nSPS) is 10.7. The van der Waals surface area contributed by atoms with E-state index in [1.807, 2.05) is 30.5 Å². The molecular formula is C16H21N3OS. The number of hydrogen-bond acceptors (Lipinski definition) is 4. The third-order valence-corrected chi connectivity index (χ3v) is 3.97. The second-order valence-corrected chi connectivity index (χ2v) is 6.10. The minimum Gasteiger partial charge on any atom is -0.385 e. The van der Waals surface area contributed by atoms with E-state index in [4.69, 9.17) is 0 Å². The molecule has 21 heavy (non-hydrogen) atoms. The molecule has 1 aromatic carbocycles. The van der Waals surface area contributed by atoms with Gasteiger partial charge in [-0.1, -0.05) is 13.8 Å². The third-order valence-electron chi connectivity index (χ3n) is 3.19. The number of thiazole rings is 1. The highest BCUT2D eigenvalue weighted by Gasteiger charge is 2.11. The van der Waals surface area contributed by atoms with Gasteiger partial charge in [0.15, 0.2) is 5.13 Å². The molecule has 1 heterocycles. The van der Waals surface area contributed by atoms with E-state index in [1.165, 1.54) is 11.3 Å². The minimum atomic E-state index is -0.120. The van der Waals surface area contributed by atoms with Gasteiger partial charge in [-0.15, -0.1) is 11.3 Å². The molecule has 0 aliphatic rings. The number of amides is 1. The third kappa shape index (κ3) is 3.82. The van der Waals surface area contributed by atoms with Crippen LogP contribution in [-0.2, 0) is 0 Å². The molecule has 0 bridgehead atoms. The number of nitrogens with one attached hydrogen (secondary N) is 2. The van der Waals surface area contributed by atoms with Crippen molar-refractivity contribution >= 4 is 28.1 Å². The first-order valence-corrected chi connectivity index (χ1v) is 8.00. The van der Waals surface area contributed by atoms with Crippen LogP contribution in [-0.4, -0.2) is 17.4 Å². The Labute approximate surface area is 129 Å². The summed E-state index contributed by atoms with van der Waals surface area (Å²) in [5.74, 6) is 0.249. The number of benzene rings is 1. The summed E-state index contributed by atoms with van der Waals surface area (Å²) in [7, 11) is 0. The molecule has 2 N–H and O–H groups in total. The number of carbonyl (C=O) groups is 1. The summed E-state index contributed by atoms with van der Waals surface area (Å²) in [4.78, 5) is 16.7. The van der Waals surface area contributed by atoms with Crippen molar-refractivity contribution < 1.29 is 4.79 Å². The largest absolute Gasteiger partial charge is 0.385 e. The number of hydrogen-bond donors (Lipinski definition) is 2. The molecule has 2 aromatic rings. The van der Waals surface area contributed by atoms with Crippen LogP contribution in [0.15, 0.2) is 23.6 Å². The highest BCUT2D eigenvalue weighted by Crippen LogP contribution is 2.22. The molecule has 0 atom stereocenters. The smallest absolute Gasteiger partial charge is 0.257 e. The zero-order valence-electron chi connectivity index (χ0n) is 12.9. The lowest BCUT2D eigenvalue weighted by Gasteiger charge is -2.09. The summed E-state index contributed by atoms with van der Waals surface area (Å²) in [5, 5.41) is 8.76. The van der Waals surface area contributed by atoms with Crippen LogP contribution in [0.1, 0.15) is 48.3 Å². The topological polar surface area (TPSA) is 54.0 Å². The SMILES string of the molecule is CCNc1ccc(C(=O)Nc2nc(C(C)C)cs2)cc1C. The van der Waals surface area contributed by atoms with Crippen LogP contribution < -0.4 is 10.6 Å². The average molecular weight is 303 g/mol. The Morgan fingerprint density at radius 1 is 1.38 bits per heavy atom. The Morgan fingerprint density at radius 2 is 2.14 bits per heavy atom. The highest BCUT2D eigenvalue weighted by atomic mass is 32.1. The number of carbonyl (C=O) groups excluding carboxylic acids is 1. The lowest BCUT2D eigenvalue weighted by atomic mass is 10.1. The molecule has 5 heteroatoms. The Balaban J connectivity index is 2.10. The second-order valence-electron chi connectivity index (χ2n) is 5.25. The van der Waals surface area contributed by atoms with Gasteiger partial charge in [0.2, 0.25) is 0 Å². The summed E-state index contributed by atoms with van der Waals surface area (Å²) in [6.45, 7) is 9.08. The van der Waals surface area contributed by atoms with Crippen molar-refractivity contribution in [2.75, 3.05) is 17.2 Å². The van der Waals surface area contributed by atoms with Crippen molar-refractivity contribution in [2.45, 2.75) is 33.6 Å². The van der Waals surface area contributed by atoms with Crippen LogP contribution in [0.25, 0.3) is 0 Å². The van der Waals surface area contributed by atoms with Gasteiger partial charge in [0.05, 0.1) is 5.69 Å². The van der Waals surface area contributed by atoms with Crippen molar-refractivity contribution in [1.82, 2.24) is 4.98 Å². The first kappa shape index (κ1) is 15.5. The summed E-state index contributed by atoms with van der Waals surface area (Å²) >= 11 is 1.46. The van der Waals surface area contributed by atoms with Gasteiger partial charge in [-0.2, -0.15) is 0 Å². The van der Waals surface area contributed by atoms with Gasteiger partial charge in [-0.25, -0.2) is 4.98 Å². The molecule has 0 radical (unpaired) electrons. The van der Waals surface area contributed by atoms with E-state index in [0.717, 1.165) is 23.5 Å². The van der Waals surface area contributed by atoms with E-state index in [0.29, 0.717) is 16.6 Å². The maximum Gasteiger partial charge on any atom is 0.257 e. The van der Waals surface area contributed by atoms with Crippen LogP contribution in [0, 0.1) is 6.92 Å². The van der Waals surface area contributed by atoms with Gasteiger partial charge in [0.25, 0.3) is 5.91 Å². The second kappa shape index (κ2) is 6.72. The van der Waals surface area contributed by atoms with Crippen molar-refractivity contribution in [1.29, 1.82) is 0 Å². The van der Waals surface area contributed by atoms with E-state index in [-0.39, 0.29) is 5.91 Å². The van der Waals surface area contributed by atoms with Gasteiger partial charge in [0.1, 0.15) is 0 Å².